The van der Waals surface area contributed by atoms with Crippen LogP contribution >= 0.6 is 0 Å². The van der Waals surface area contributed by atoms with Gasteiger partial charge in [-0.25, -0.2) is 0 Å². The number of carbonyl (C=O) groups excluding carboxylic acids is 2. The first kappa shape index (κ1) is 16.0. The maximum absolute atomic E-state index is 11.9. The standard InChI is InChI=1S/C14H27N3O2/c1-3-5-6-13(18)15-8-7-14(19)17-11-9-16(4-2)10-12-17/h3-12H2,1-2H3,(H,15,18). The van der Waals surface area contributed by atoms with Gasteiger partial charge in [-0.2, -0.15) is 0 Å². The number of nitrogens with zero attached hydrogens (tertiary/aromatic N) is 2. The summed E-state index contributed by atoms with van der Waals surface area (Å²) in [6.45, 7) is 9.28. The summed E-state index contributed by atoms with van der Waals surface area (Å²) in [5, 5.41) is 2.81. The minimum Gasteiger partial charge on any atom is -0.356 e. The van der Waals surface area contributed by atoms with Gasteiger partial charge in [0.25, 0.3) is 0 Å². The van der Waals surface area contributed by atoms with Crippen LogP contribution in [0, 0.1) is 0 Å². The molecule has 1 aliphatic heterocycles. The van der Waals surface area contributed by atoms with Gasteiger partial charge >= 0.3 is 0 Å². The normalized spacial score (nSPS) is 16.4. The van der Waals surface area contributed by atoms with Crippen LogP contribution in [0.4, 0.5) is 0 Å². The average Bonchev–Trinajstić information content (AvgIpc) is 2.45. The van der Waals surface area contributed by atoms with Gasteiger partial charge in [0.15, 0.2) is 0 Å². The predicted octanol–water partition coefficient (Wildman–Crippen LogP) is 0.847. The summed E-state index contributed by atoms with van der Waals surface area (Å²) in [5.74, 6) is 0.219. The van der Waals surface area contributed by atoms with E-state index in [-0.39, 0.29) is 11.8 Å². The van der Waals surface area contributed by atoms with Gasteiger partial charge in [0, 0.05) is 45.6 Å². The van der Waals surface area contributed by atoms with Crippen molar-refractivity contribution in [3.8, 4) is 0 Å². The fourth-order valence-corrected chi connectivity index (χ4v) is 2.21. The van der Waals surface area contributed by atoms with Crippen molar-refractivity contribution in [3.63, 3.8) is 0 Å². The van der Waals surface area contributed by atoms with Gasteiger partial charge < -0.3 is 15.1 Å². The Morgan fingerprint density at radius 3 is 2.32 bits per heavy atom. The van der Waals surface area contributed by atoms with Crippen LogP contribution in [-0.4, -0.2) is 60.9 Å². The number of amides is 2. The Balaban J connectivity index is 2.13. The lowest BCUT2D eigenvalue weighted by atomic mass is 10.2. The van der Waals surface area contributed by atoms with Crippen molar-refractivity contribution < 1.29 is 9.59 Å². The Kier molecular flexibility index (Phi) is 7.48. The predicted molar refractivity (Wildman–Crippen MR) is 75.8 cm³/mol. The summed E-state index contributed by atoms with van der Waals surface area (Å²) < 4.78 is 0. The molecular formula is C14H27N3O2. The SMILES string of the molecule is CCCCC(=O)NCCC(=O)N1CCN(CC)CC1. The summed E-state index contributed by atoms with van der Waals surface area (Å²) in [4.78, 5) is 27.6. The van der Waals surface area contributed by atoms with E-state index in [0.29, 0.717) is 19.4 Å². The van der Waals surface area contributed by atoms with E-state index < -0.39 is 0 Å². The van der Waals surface area contributed by atoms with Gasteiger partial charge in [-0.1, -0.05) is 20.3 Å². The van der Waals surface area contributed by atoms with Gasteiger partial charge in [0.2, 0.25) is 11.8 Å². The average molecular weight is 269 g/mol. The van der Waals surface area contributed by atoms with Crippen molar-refractivity contribution in [3.05, 3.63) is 0 Å². The first-order chi connectivity index (χ1) is 9.17. The summed E-state index contributed by atoms with van der Waals surface area (Å²) in [5.41, 5.74) is 0. The van der Waals surface area contributed by atoms with Crippen molar-refractivity contribution in [2.24, 2.45) is 0 Å². The molecule has 1 heterocycles. The van der Waals surface area contributed by atoms with E-state index in [1.807, 2.05) is 4.90 Å². The van der Waals surface area contributed by atoms with Crippen molar-refractivity contribution in [1.82, 2.24) is 15.1 Å². The van der Waals surface area contributed by atoms with Crippen LogP contribution in [0.3, 0.4) is 0 Å². The number of nitrogens with one attached hydrogen (secondary N) is 1. The number of carbonyl (C=O) groups is 2. The zero-order valence-electron chi connectivity index (χ0n) is 12.3. The number of unbranched alkanes of at least 4 members (excludes halogenated alkanes) is 1. The van der Waals surface area contributed by atoms with E-state index in [9.17, 15) is 9.59 Å². The molecule has 5 nitrogen and oxygen atoms in total. The second kappa shape index (κ2) is 8.91. The van der Waals surface area contributed by atoms with E-state index in [2.05, 4.69) is 24.1 Å². The zero-order valence-corrected chi connectivity index (χ0v) is 12.3. The molecule has 5 heteroatoms. The quantitative estimate of drug-likeness (QED) is 0.745. The minimum absolute atomic E-state index is 0.0606. The molecule has 1 saturated heterocycles. The first-order valence-electron chi connectivity index (χ1n) is 7.44. The zero-order chi connectivity index (χ0) is 14.1. The van der Waals surface area contributed by atoms with Gasteiger partial charge in [-0.15, -0.1) is 0 Å². The second-order valence-corrected chi connectivity index (χ2v) is 5.02. The molecule has 110 valence electrons. The minimum atomic E-state index is 0.0606. The number of piperazine rings is 1. The van der Waals surface area contributed by atoms with E-state index in [1.165, 1.54) is 0 Å². The molecule has 1 N–H and O–H groups in total. The Bertz CT molecular complexity index is 286. The molecule has 1 rings (SSSR count). The van der Waals surface area contributed by atoms with Crippen LogP contribution in [0.5, 0.6) is 0 Å². The van der Waals surface area contributed by atoms with E-state index in [4.69, 9.17) is 0 Å². The molecule has 0 aliphatic carbocycles. The third-order valence-electron chi connectivity index (χ3n) is 3.59. The Hall–Kier alpha value is -1.10. The Labute approximate surface area is 116 Å². The van der Waals surface area contributed by atoms with E-state index in [0.717, 1.165) is 45.6 Å². The van der Waals surface area contributed by atoms with Crippen LogP contribution in [0.25, 0.3) is 0 Å². The fourth-order valence-electron chi connectivity index (χ4n) is 2.21. The van der Waals surface area contributed by atoms with Gasteiger partial charge in [-0.05, 0) is 13.0 Å². The van der Waals surface area contributed by atoms with Crippen LogP contribution < -0.4 is 5.32 Å². The lowest BCUT2D eigenvalue weighted by Gasteiger charge is -2.34. The fraction of sp³-hybridized carbons (Fsp3) is 0.857. The maximum Gasteiger partial charge on any atom is 0.224 e. The third-order valence-corrected chi connectivity index (χ3v) is 3.59. The summed E-state index contributed by atoms with van der Waals surface area (Å²) in [7, 11) is 0. The molecule has 0 aromatic carbocycles. The van der Waals surface area contributed by atoms with E-state index >= 15 is 0 Å². The molecule has 0 unspecified atom stereocenters. The second-order valence-electron chi connectivity index (χ2n) is 5.02. The monoisotopic (exact) mass is 269 g/mol. The summed E-state index contributed by atoms with van der Waals surface area (Å²) in [6, 6.07) is 0. The van der Waals surface area contributed by atoms with Crippen molar-refractivity contribution >= 4 is 11.8 Å². The highest BCUT2D eigenvalue weighted by atomic mass is 16.2. The smallest absolute Gasteiger partial charge is 0.224 e. The highest BCUT2D eigenvalue weighted by molar-refractivity contribution is 5.79. The molecule has 0 saturated carbocycles. The number of hydrogen-bond donors (Lipinski definition) is 1. The third kappa shape index (κ3) is 6.05. The molecule has 0 spiro atoms. The van der Waals surface area contributed by atoms with E-state index in [1.54, 1.807) is 0 Å². The summed E-state index contributed by atoms with van der Waals surface area (Å²) in [6.07, 6.45) is 2.93. The van der Waals surface area contributed by atoms with Crippen molar-refractivity contribution in [2.75, 3.05) is 39.3 Å². The molecule has 2 amide bonds. The number of hydrogen-bond acceptors (Lipinski definition) is 3. The highest BCUT2D eigenvalue weighted by Crippen LogP contribution is 2.03. The molecule has 0 atom stereocenters. The molecule has 1 aliphatic rings. The molecule has 1 fully saturated rings. The molecule has 0 aromatic heterocycles. The Morgan fingerprint density at radius 2 is 1.74 bits per heavy atom. The molecular weight excluding hydrogens is 242 g/mol. The number of likely N-dealkylation sites (N-methyl/N-ethyl adjacent to an activating group) is 1. The molecule has 0 aromatic rings. The van der Waals surface area contributed by atoms with Crippen molar-refractivity contribution in [1.29, 1.82) is 0 Å². The number of rotatable bonds is 7. The summed E-state index contributed by atoms with van der Waals surface area (Å²) >= 11 is 0. The van der Waals surface area contributed by atoms with Gasteiger partial charge in [0.05, 0.1) is 0 Å². The molecule has 0 radical (unpaired) electrons. The van der Waals surface area contributed by atoms with Gasteiger partial charge in [-0.3, -0.25) is 9.59 Å². The molecule has 19 heavy (non-hydrogen) atoms. The highest BCUT2D eigenvalue weighted by Gasteiger charge is 2.19. The van der Waals surface area contributed by atoms with Crippen LogP contribution in [0.1, 0.15) is 39.5 Å². The lowest BCUT2D eigenvalue weighted by molar-refractivity contribution is -0.132. The van der Waals surface area contributed by atoms with Crippen LogP contribution in [-0.2, 0) is 9.59 Å². The maximum atomic E-state index is 11.9. The van der Waals surface area contributed by atoms with Gasteiger partial charge in [0.1, 0.15) is 0 Å². The largest absolute Gasteiger partial charge is 0.356 e. The first-order valence-corrected chi connectivity index (χ1v) is 7.44. The Morgan fingerprint density at radius 1 is 1.05 bits per heavy atom. The lowest BCUT2D eigenvalue weighted by Crippen LogP contribution is -2.49. The topological polar surface area (TPSA) is 52.7 Å². The molecule has 0 bridgehead atoms. The van der Waals surface area contributed by atoms with Crippen molar-refractivity contribution in [2.45, 2.75) is 39.5 Å². The van der Waals surface area contributed by atoms with Crippen LogP contribution in [0.15, 0.2) is 0 Å². The van der Waals surface area contributed by atoms with Crippen LogP contribution in [0.2, 0.25) is 0 Å².